The maximum Gasteiger partial charge on any atom is 0.136 e. The predicted molar refractivity (Wildman–Crippen MR) is 75.5 cm³/mol. The minimum atomic E-state index is 0.232. The number of hydrogen-bond donors (Lipinski definition) is 0. The summed E-state index contributed by atoms with van der Waals surface area (Å²) in [6.07, 6.45) is 2.59. The second-order valence-corrected chi connectivity index (χ2v) is 5.31. The SMILES string of the molecule is COc1cc(COC2CC(C)OC(C)C2)ccc1C#N. The van der Waals surface area contributed by atoms with E-state index in [1.807, 2.05) is 12.1 Å². The van der Waals surface area contributed by atoms with Crippen LogP contribution in [0.5, 0.6) is 5.75 Å². The molecule has 1 fully saturated rings. The Labute approximate surface area is 120 Å². The molecule has 20 heavy (non-hydrogen) atoms. The third kappa shape index (κ3) is 3.72. The van der Waals surface area contributed by atoms with Crippen molar-refractivity contribution in [1.82, 2.24) is 0 Å². The van der Waals surface area contributed by atoms with Crippen LogP contribution in [0.2, 0.25) is 0 Å². The molecule has 0 saturated carbocycles. The first kappa shape index (κ1) is 14.8. The molecule has 0 bridgehead atoms. The van der Waals surface area contributed by atoms with Crippen LogP contribution in [0, 0.1) is 11.3 Å². The number of hydrogen-bond acceptors (Lipinski definition) is 4. The summed E-state index contributed by atoms with van der Waals surface area (Å²) in [5.41, 5.74) is 1.57. The van der Waals surface area contributed by atoms with Crippen molar-refractivity contribution in [3.8, 4) is 11.8 Å². The lowest BCUT2D eigenvalue weighted by atomic mass is 10.0. The van der Waals surface area contributed by atoms with Crippen molar-refractivity contribution in [2.75, 3.05) is 7.11 Å². The van der Waals surface area contributed by atoms with E-state index in [1.54, 1.807) is 13.2 Å². The Balaban J connectivity index is 1.95. The van der Waals surface area contributed by atoms with Crippen LogP contribution in [0.25, 0.3) is 0 Å². The largest absolute Gasteiger partial charge is 0.495 e. The molecule has 2 unspecified atom stereocenters. The average Bonchev–Trinajstić information content (AvgIpc) is 2.43. The third-order valence-electron chi connectivity index (χ3n) is 3.53. The molecule has 1 aromatic rings. The Morgan fingerprint density at radius 2 is 2.00 bits per heavy atom. The molecule has 4 heteroatoms. The van der Waals surface area contributed by atoms with Crippen LogP contribution in [-0.4, -0.2) is 25.4 Å². The van der Waals surface area contributed by atoms with Gasteiger partial charge in [-0.1, -0.05) is 6.07 Å². The Morgan fingerprint density at radius 1 is 1.30 bits per heavy atom. The molecule has 0 N–H and O–H groups in total. The zero-order valence-electron chi connectivity index (χ0n) is 12.3. The van der Waals surface area contributed by atoms with Crippen LogP contribution in [-0.2, 0) is 16.1 Å². The highest BCUT2D eigenvalue weighted by Gasteiger charge is 2.24. The summed E-state index contributed by atoms with van der Waals surface area (Å²) in [5, 5.41) is 8.96. The van der Waals surface area contributed by atoms with Crippen LogP contribution in [0.1, 0.15) is 37.8 Å². The lowest BCUT2D eigenvalue weighted by Crippen LogP contribution is -2.33. The van der Waals surface area contributed by atoms with Crippen LogP contribution < -0.4 is 4.74 Å². The van der Waals surface area contributed by atoms with Gasteiger partial charge in [0.15, 0.2) is 0 Å². The van der Waals surface area contributed by atoms with Gasteiger partial charge in [0.1, 0.15) is 11.8 Å². The van der Waals surface area contributed by atoms with Crippen molar-refractivity contribution in [3.63, 3.8) is 0 Å². The molecule has 1 aliphatic heterocycles. The number of nitrogens with zero attached hydrogens (tertiary/aromatic N) is 1. The lowest BCUT2D eigenvalue weighted by molar-refractivity contribution is -0.106. The van der Waals surface area contributed by atoms with Crippen molar-refractivity contribution >= 4 is 0 Å². The van der Waals surface area contributed by atoms with Crippen LogP contribution in [0.15, 0.2) is 18.2 Å². The summed E-state index contributed by atoms with van der Waals surface area (Å²) in [5.74, 6) is 0.599. The van der Waals surface area contributed by atoms with Gasteiger partial charge in [0.05, 0.1) is 37.6 Å². The summed E-state index contributed by atoms with van der Waals surface area (Å²) in [7, 11) is 1.57. The van der Waals surface area contributed by atoms with E-state index in [-0.39, 0.29) is 18.3 Å². The molecule has 1 aliphatic rings. The minimum Gasteiger partial charge on any atom is -0.495 e. The molecular weight excluding hydrogens is 254 g/mol. The number of benzene rings is 1. The molecule has 0 radical (unpaired) electrons. The molecule has 2 rings (SSSR count). The highest BCUT2D eigenvalue weighted by molar-refractivity contribution is 5.45. The van der Waals surface area contributed by atoms with E-state index in [4.69, 9.17) is 19.5 Å². The molecule has 0 amide bonds. The second-order valence-electron chi connectivity index (χ2n) is 5.31. The van der Waals surface area contributed by atoms with Crippen LogP contribution >= 0.6 is 0 Å². The second kappa shape index (κ2) is 6.74. The fourth-order valence-corrected chi connectivity index (χ4v) is 2.61. The Bertz CT molecular complexity index is 485. The van der Waals surface area contributed by atoms with E-state index < -0.39 is 0 Å². The Hall–Kier alpha value is -1.57. The maximum absolute atomic E-state index is 8.96. The normalized spacial score (nSPS) is 26.0. The predicted octanol–water partition coefficient (Wildman–Crippen LogP) is 3.04. The van der Waals surface area contributed by atoms with Crippen LogP contribution in [0.3, 0.4) is 0 Å². The van der Waals surface area contributed by atoms with Gasteiger partial charge in [-0.25, -0.2) is 0 Å². The zero-order valence-corrected chi connectivity index (χ0v) is 12.3. The van der Waals surface area contributed by atoms with Gasteiger partial charge in [0.25, 0.3) is 0 Å². The summed E-state index contributed by atoms with van der Waals surface area (Å²) in [4.78, 5) is 0. The Kier molecular flexibility index (Phi) is 4.99. The minimum absolute atomic E-state index is 0.232. The smallest absolute Gasteiger partial charge is 0.136 e. The van der Waals surface area contributed by atoms with E-state index in [9.17, 15) is 0 Å². The van der Waals surface area contributed by atoms with E-state index in [0.29, 0.717) is 17.9 Å². The van der Waals surface area contributed by atoms with Gasteiger partial charge in [-0.3, -0.25) is 0 Å². The van der Waals surface area contributed by atoms with Crippen molar-refractivity contribution in [1.29, 1.82) is 5.26 Å². The number of rotatable bonds is 4. The van der Waals surface area contributed by atoms with Gasteiger partial charge in [0, 0.05) is 0 Å². The summed E-state index contributed by atoms with van der Waals surface area (Å²) < 4.78 is 16.9. The maximum atomic E-state index is 8.96. The van der Waals surface area contributed by atoms with Crippen LogP contribution in [0.4, 0.5) is 0 Å². The van der Waals surface area contributed by atoms with Gasteiger partial charge < -0.3 is 14.2 Å². The average molecular weight is 275 g/mol. The number of methoxy groups -OCH3 is 1. The van der Waals surface area contributed by atoms with Gasteiger partial charge in [0.2, 0.25) is 0 Å². The molecule has 0 spiro atoms. The molecule has 2 atom stereocenters. The van der Waals surface area contributed by atoms with Gasteiger partial charge >= 0.3 is 0 Å². The highest BCUT2D eigenvalue weighted by Crippen LogP contribution is 2.24. The lowest BCUT2D eigenvalue weighted by Gasteiger charge is -2.32. The fraction of sp³-hybridized carbons (Fsp3) is 0.562. The first-order valence-corrected chi connectivity index (χ1v) is 6.96. The monoisotopic (exact) mass is 275 g/mol. The molecule has 0 aromatic heterocycles. The van der Waals surface area contributed by atoms with E-state index in [0.717, 1.165) is 18.4 Å². The standard InChI is InChI=1S/C16H21NO3/c1-11-6-15(7-12(2)20-11)19-10-13-4-5-14(9-17)16(8-13)18-3/h4-5,8,11-12,15H,6-7,10H2,1-3H3. The quantitative estimate of drug-likeness (QED) is 0.847. The topological polar surface area (TPSA) is 51.5 Å². The van der Waals surface area contributed by atoms with Gasteiger partial charge in [-0.05, 0) is 44.4 Å². The first-order chi connectivity index (χ1) is 9.62. The third-order valence-corrected chi connectivity index (χ3v) is 3.53. The van der Waals surface area contributed by atoms with Crippen molar-refractivity contribution in [3.05, 3.63) is 29.3 Å². The molecule has 1 aromatic carbocycles. The summed E-state index contributed by atoms with van der Waals surface area (Å²) >= 11 is 0. The molecule has 108 valence electrons. The van der Waals surface area contributed by atoms with Crippen molar-refractivity contribution in [2.45, 2.75) is 51.6 Å². The summed E-state index contributed by atoms with van der Waals surface area (Å²) in [6, 6.07) is 7.65. The Morgan fingerprint density at radius 3 is 2.60 bits per heavy atom. The van der Waals surface area contributed by atoms with E-state index in [1.165, 1.54) is 0 Å². The zero-order chi connectivity index (χ0) is 14.5. The molecule has 1 heterocycles. The van der Waals surface area contributed by atoms with Crippen molar-refractivity contribution < 1.29 is 14.2 Å². The number of nitriles is 1. The molecule has 4 nitrogen and oxygen atoms in total. The first-order valence-electron chi connectivity index (χ1n) is 6.96. The molecular formula is C16H21NO3. The van der Waals surface area contributed by atoms with Gasteiger partial charge in [-0.2, -0.15) is 5.26 Å². The molecule has 1 saturated heterocycles. The van der Waals surface area contributed by atoms with E-state index in [2.05, 4.69) is 19.9 Å². The van der Waals surface area contributed by atoms with Gasteiger partial charge in [-0.15, -0.1) is 0 Å². The van der Waals surface area contributed by atoms with E-state index >= 15 is 0 Å². The number of ether oxygens (including phenoxy) is 3. The molecule has 0 aliphatic carbocycles. The summed E-state index contributed by atoms with van der Waals surface area (Å²) in [6.45, 7) is 4.69. The fourth-order valence-electron chi connectivity index (χ4n) is 2.61. The van der Waals surface area contributed by atoms with Crippen molar-refractivity contribution in [2.24, 2.45) is 0 Å². The highest BCUT2D eigenvalue weighted by atomic mass is 16.5.